The first-order valence-electron chi connectivity index (χ1n) is 9.74. The molecule has 2 aromatic carbocycles. The van der Waals surface area contributed by atoms with E-state index < -0.39 is 0 Å². The molecular formula is C21H19ClN4O4S. The van der Waals surface area contributed by atoms with Crippen molar-refractivity contribution < 1.29 is 14.2 Å². The standard InChI is InChI=1S/C21H19ClN4O4S/c1-28-8-4-7-25-19(27)14-5-2-3-6-16(14)26-20(25)23-24-21(26)31-11-13-9-15(22)18-17(10-13)29-12-30-18/h2-3,5-6,9-10H,4,7-8,11-12H2,1H3. The van der Waals surface area contributed by atoms with Crippen molar-refractivity contribution in [3.05, 3.63) is 57.3 Å². The summed E-state index contributed by atoms with van der Waals surface area (Å²) in [4.78, 5) is 13.1. The topological polar surface area (TPSA) is 79.9 Å². The highest BCUT2D eigenvalue weighted by Crippen LogP contribution is 2.40. The van der Waals surface area contributed by atoms with Crippen molar-refractivity contribution >= 4 is 40.0 Å². The number of halogens is 1. The van der Waals surface area contributed by atoms with Gasteiger partial charge in [0.2, 0.25) is 12.6 Å². The van der Waals surface area contributed by atoms with E-state index in [-0.39, 0.29) is 12.4 Å². The van der Waals surface area contributed by atoms with Gasteiger partial charge in [-0.2, -0.15) is 0 Å². The maximum atomic E-state index is 13.1. The van der Waals surface area contributed by atoms with Gasteiger partial charge in [-0.05, 0) is 36.2 Å². The van der Waals surface area contributed by atoms with Crippen LogP contribution in [0.4, 0.5) is 0 Å². The Bertz CT molecular complexity index is 1340. The predicted molar refractivity (Wildman–Crippen MR) is 118 cm³/mol. The largest absolute Gasteiger partial charge is 0.454 e. The number of para-hydroxylation sites is 1. The minimum atomic E-state index is -0.0781. The molecule has 0 aliphatic carbocycles. The lowest BCUT2D eigenvalue weighted by atomic mass is 10.2. The SMILES string of the molecule is COCCCn1c(=O)c2ccccc2n2c(SCc3cc(Cl)c4c(c3)OCO4)nnc12. The van der Waals surface area contributed by atoms with E-state index in [0.717, 1.165) is 11.1 Å². The molecule has 1 aliphatic rings. The van der Waals surface area contributed by atoms with Crippen molar-refractivity contribution in [1.29, 1.82) is 0 Å². The lowest BCUT2D eigenvalue weighted by molar-refractivity contribution is 0.174. The number of thioether (sulfide) groups is 1. The second kappa shape index (κ2) is 8.41. The van der Waals surface area contributed by atoms with Crippen LogP contribution in [0.3, 0.4) is 0 Å². The van der Waals surface area contributed by atoms with Gasteiger partial charge in [0.1, 0.15) is 0 Å². The third-order valence-corrected chi connectivity index (χ3v) is 6.34. The molecule has 0 unspecified atom stereocenters. The van der Waals surface area contributed by atoms with Gasteiger partial charge in [-0.25, -0.2) is 0 Å². The molecule has 0 atom stereocenters. The number of benzene rings is 2. The molecular weight excluding hydrogens is 440 g/mol. The number of methoxy groups -OCH3 is 1. The summed E-state index contributed by atoms with van der Waals surface area (Å²) in [6.45, 7) is 1.24. The highest BCUT2D eigenvalue weighted by atomic mass is 35.5. The minimum absolute atomic E-state index is 0.0781. The molecule has 5 rings (SSSR count). The number of hydrogen-bond donors (Lipinski definition) is 0. The number of hydrogen-bond acceptors (Lipinski definition) is 7. The first-order chi connectivity index (χ1) is 15.2. The summed E-state index contributed by atoms with van der Waals surface area (Å²) in [5.41, 5.74) is 1.68. The molecule has 8 nitrogen and oxygen atoms in total. The first kappa shape index (κ1) is 20.2. The molecule has 31 heavy (non-hydrogen) atoms. The Morgan fingerprint density at radius 2 is 2.10 bits per heavy atom. The molecule has 0 bridgehead atoms. The van der Waals surface area contributed by atoms with Crippen molar-refractivity contribution in [2.75, 3.05) is 20.5 Å². The fourth-order valence-electron chi connectivity index (χ4n) is 3.65. The van der Waals surface area contributed by atoms with Gasteiger partial charge < -0.3 is 14.2 Å². The minimum Gasteiger partial charge on any atom is -0.454 e. The molecule has 160 valence electrons. The van der Waals surface area contributed by atoms with Gasteiger partial charge in [-0.3, -0.25) is 13.8 Å². The molecule has 0 fully saturated rings. The summed E-state index contributed by atoms with van der Waals surface area (Å²) in [6, 6.07) is 11.3. The highest BCUT2D eigenvalue weighted by molar-refractivity contribution is 7.98. The molecule has 10 heteroatoms. The summed E-state index contributed by atoms with van der Waals surface area (Å²) in [6.07, 6.45) is 0.704. The lowest BCUT2D eigenvalue weighted by Gasteiger charge is -2.11. The van der Waals surface area contributed by atoms with Gasteiger partial charge in [0.05, 0.1) is 15.9 Å². The maximum Gasteiger partial charge on any atom is 0.262 e. The molecule has 2 aromatic heterocycles. The van der Waals surface area contributed by atoms with Crippen LogP contribution >= 0.6 is 23.4 Å². The van der Waals surface area contributed by atoms with E-state index in [2.05, 4.69) is 10.2 Å². The second-order valence-corrected chi connectivity index (χ2v) is 8.39. The normalized spacial score (nSPS) is 12.8. The summed E-state index contributed by atoms with van der Waals surface area (Å²) >= 11 is 7.83. The molecule has 0 saturated carbocycles. The summed E-state index contributed by atoms with van der Waals surface area (Å²) < 4.78 is 19.6. The van der Waals surface area contributed by atoms with Crippen LogP contribution in [-0.4, -0.2) is 39.7 Å². The molecule has 0 N–H and O–H groups in total. The van der Waals surface area contributed by atoms with Gasteiger partial charge >= 0.3 is 0 Å². The van der Waals surface area contributed by atoms with Crippen LogP contribution in [-0.2, 0) is 17.0 Å². The number of ether oxygens (including phenoxy) is 3. The van der Waals surface area contributed by atoms with E-state index in [1.54, 1.807) is 11.7 Å². The third-order valence-electron chi connectivity index (χ3n) is 5.06. The van der Waals surface area contributed by atoms with Crippen LogP contribution in [0.5, 0.6) is 11.5 Å². The monoisotopic (exact) mass is 458 g/mol. The van der Waals surface area contributed by atoms with Crippen LogP contribution in [0.25, 0.3) is 16.7 Å². The molecule has 4 aromatic rings. The molecule has 0 spiro atoms. The van der Waals surface area contributed by atoms with Gasteiger partial charge in [-0.15, -0.1) is 10.2 Å². The van der Waals surface area contributed by atoms with Gasteiger partial charge in [-0.1, -0.05) is 35.5 Å². The Morgan fingerprint density at radius 1 is 1.23 bits per heavy atom. The molecule has 0 amide bonds. The van der Waals surface area contributed by atoms with Gasteiger partial charge in [0.15, 0.2) is 16.7 Å². The van der Waals surface area contributed by atoms with Crippen molar-refractivity contribution in [2.24, 2.45) is 0 Å². The lowest BCUT2D eigenvalue weighted by Crippen LogP contribution is -2.24. The summed E-state index contributed by atoms with van der Waals surface area (Å²) in [5, 5.41) is 10.6. The molecule has 3 heterocycles. The Labute approximate surface area is 186 Å². The van der Waals surface area contributed by atoms with Crippen LogP contribution in [0.2, 0.25) is 5.02 Å². The van der Waals surface area contributed by atoms with Crippen LogP contribution in [0.1, 0.15) is 12.0 Å². The highest BCUT2D eigenvalue weighted by Gasteiger charge is 2.20. The fraction of sp³-hybridized carbons (Fsp3) is 0.286. The predicted octanol–water partition coefficient (Wildman–Crippen LogP) is 3.76. The van der Waals surface area contributed by atoms with E-state index in [1.807, 2.05) is 40.8 Å². The van der Waals surface area contributed by atoms with E-state index >= 15 is 0 Å². The van der Waals surface area contributed by atoms with E-state index in [1.165, 1.54) is 11.8 Å². The van der Waals surface area contributed by atoms with Crippen molar-refractivity contribution in [3.8, 4) is 11.5 Å². The summed E-state index contributed by atoms with van der Waals surface area (Å²) in [7, 11) is 1.65. The van der Waals surface area contributed by atoms with E-state index in [9.17, 15) is 4.79 Å². The Hall–Kier alpha value is -2.75. The first-order valence-corrected chi connectivity index (χ1v) is 11.1. The Kier molecular flexibility index (Phi) is 5.47. The van der Waals surface area contributed by atoms with E-state index in [4.69, 9.17) is 25.8 Å². The zero-order valence-electron chi connectivity index (χ0n) is 16.7. The third kappa shape index (κ3) is 3.62. The molecule has 0 radical (unpaired) electrons. The number of aryl methyl sites for hydroxylation is 1. The fourth-order valence-corrected chi connectivity index (χ4v) is 4.81. The Balaban J connectivity index is 1.54. The quantitative estimate of drug-likeness (QED) is 0.308. The van der Waals surface area contributed by atoms with Gasteiger partial charge in [0.25, 0.3) is 5.56 Å². The number of aromatic nitrogens is 4. The molecule has 1 aliphatic heterocycles. The van der Waals surface area contributed by atoms with E-state index in [0.29, 0.717) is 58.2 Å². The number of nitrogens with zero attached hydrogens (tertiary/aromatic N) is 4. The van der Waals surface area contributed by atoms with Crippen molar-refractivity contribution in [2.45, 2.75) is 23.9 Å². The average molecular weight is 459 g/mol. The van der Waals surface area contributed by atoms with Crippen LogP contribution < -0.4 is 15.0 Å². The van der Waals surface area contributed by atoms with Crippen LogP contribution in [0.15, 0.2) is 46.3 Å². The maximum absolute atomic E-state index is 13.1. The number of rotatable bonds is 7. The zero-order valence-corrected chi connectivity index (χ0v) is 18.3. The van der Waals surface area contributed by atoms with Crippen molar-refractivity contribution in [1.82, 2.24) is 19.2 Å². The van der Waals surface area contributed by atoms with Crippen molar-refractivity contribution in [3.63, 3.8) is 0 Å². The Morgan fingerprint density at radius 3 is 2.97 bits per heavy atom. The van der Waals surface area contributed by atoms with Crippen LogP contribution in [0, 0.1) is 0 Å². The molecule has 0 saturated heterocycles. The second-order valence-electron chi connectivity index (χ2n) is 7.04. The average Bonchev–Trinajstić information content (AvgIpc) is 3.42. The zero-order chi connectivity index (χ0) is 21.4. The summed E-state index contributed by atoms with van der Waals surface area (Å²) in [5.74, 6) is 2.35. The van der Waals surface area contributed by atoms with Gasteiger partial charge in [0, 0.05) is 26.0 Å². The smallest absolute Gasteiger partial charge is 0.262 e. The number of fused-ring (bicyclic) bond motifs is 4.